The average molecular weight is 242 g/mol. The van der Waals surface area contributed by atoms with Crippen LogP contribution in [-0.4, -0.2) is 9.67 Å². The number of phenols is 1. The van der Waals surface area contributed by atoms with Crippen molar-refractivity contribution in [2.75, 3.05) is 0 Å². The van der Waals surface area contributed by atoms with Crippen molar-refractivity contribution in [3.05, 3.63) is 53.3 Å². The van der Waals surface area contributed by atoms with E-state index in [9.17, 15) is 5.11 Å². The number of nitrogens with two attached hydrogens (primary N) is 1. The second kappa shape index (κ2) is 4.50. The minimum Gasteiger partial charge on any atom is -0.508 e. The highest BCUT2D eigenvalue weighted by molar-refractivity contribution is 5.31. The summed E-state index contributed by atoms with van der Waals surface area (Å²) in [7, 11) is 0. The molecule has 0 aliphatic heterocycles. The molecule has 1 aliphatic rings. The van der Waals surface area contributed by atoms with Crippen molar-refractivity contribution in [1.29, 1.82) is 0 Å². The molecule has 18 heavy (non-hydrogen) atoms. The molecule has 94 valence electrons. The van der Waals surface area contributed by atoms with Crippen molar-refractivity contribution in [1.82, 2.24) is 4.57 Å². The highest BCUT2D eigenvalue weighted by atomic mass is 16.3. The molecule has 3 N–H and O–H groups in total. The van der Waals surface area contributed by atoms with Gasteiger partial charge in [0.05, 0.1) is 0 Å². The Hall–Kier alpha value is -1.74. The molecule has 0 radical (unpaired) electrons. The van der Waals surface area contributed by atoms with E-state index in [2.05, 4.69) is 17.0 Å². The largest absolute Gasteiger partial charge is 0.508 e. The number of aromatic nitrogens is 1. The van der Waals surface area contributed by atoms with E-state index in [1.54, 1.807) is 12.1 Å². The van der Waals surface area contributed by atoms with E-state index >= 15 is 0 Å². The fourth-order valence-corrected chi connectivity index (χ4v) is 2.69. The van der Waals surface area contributed by atoms with Gasteiger partial charge in [0.1, 0.15) is 5.75 Å². The van der Waals surface area contributed by atoms with Gasteiger partial charge in [-0.05, 0) is 48.1 Å². The molecule has 1 atom stereocenters. The minimum absolute atomic E-state index is 0.204. The zero-order valence-corrected chi connectivity index (χ0v) is 10.3. The van der Waals surface area contributed by atoms with E-state index < -0.39 is 0 Å². The Kier molecular flexibility index (Phi) is 2.84. The molecule has 1 heterocycles. The Morgan fingerprint density at radius 2 is 2.00 bits per heavy atom. The lowest BCUT2D eigenvalue weighted by atomic mass is 9.92. The third kappa shape index (κ3) is 2.14. The van der Waals surface area contributed by atoms with Crippen LogP contribution < -0.4 is 5.73 Å². The molecule has 0 bridgehead atoms. The van der Waals surface area contributed by atoms with Gasteiger partial charge >= 0.3 is 0 Å². The second-order valence-electron chi connectivity index (χ2n) is 5.08. The van der Waals surface area contributed by atoms with Gasteiger partial charge in [0.15, 0.2) is 0 Å². The fourth-order valence-electron chi connectivity index (χ4n) is 2.69. The second-order valence-corrected chi connectivity index (χ2v) is 5.08. The van der Waals surface area contributed by atoms with Gasteiger partial charge < -0.3 is 15.4 Å². The third-order valence-electron chi connectivity index (χ3n) is 3.66. The molecule has 0 amide bonds. The first-order chi connectivity index (χ1) is 8.72. The van der Waals surface area contributed by atoms with Crippen LogP contribution in [-0.2, 0) is 13.0 Å². The van der Waals surface area contributed by atoms with Gasteiger partial charge in [-0.2, -0.15) is 0 Å². The Balaban J connectivity index is 1.83. The normalized spacial score (nSPS) is 18.6. The molecule has 1 aromatic heterocycles. The van der Waals surface area contributed by atoms with E-state index in [1.165, 1.54) is 23.1 Å². The van der Waals surface area contributed by atoms with Gasteiger partial charge in [-0.1, -0.05) is 12.1 Å². The summed E-state index contributed by atoms with van der Waals surface area (Å²) < 4.78 is 2.20. The molecule has 3 nitrogen and oxygen atoms in total. The maximum atomic E-state index is 9.27. The van der Waals surface area contributed by atoms with Gasteiger partial charge in [-0.15, -0.1) is 0 Å². The molecule has 0 saturated heterocycles. The summed E-state index contributed by atoms with van der Waals surface area (Å²) in [5.41, 5.74) is 10.0. The minimum atomic E-state index is 0.204. The number of aromatic hydroxyl groups is 1. The molecule has 0 fully saturated rings. The summed E-state index contributed by atoms with van der Waals surface area (Å²) in [6, 6.07) is 7.56. The Morgan fingerprint density at radius 1 is 1.22 bits per heavy atom. The number of rotatable bonds is 2. The van der Waals surface area contributed by atoms with E-state index in [1.807, 2.05) is 12.1 Å². The van der Waals surface area contributed by atoms with Gasteiger partial charge in [0, 0.05) is 25.0 Å². The van der Waals surface area contributed by atoms with Crippen molar-refractivity contribution >= 4 is 0 Å². The van der Waals surface area contributed by atoms with E-state index in [4.69, 9.17) is 5.73 Å². The number of phenolic OH excluding ortho intramolecular Hbond substituents is 1. The lowest BCUT2D eigenvalue weighted by Gasteiger charge is -2.17. The van der Waals surface area contributed by atoms with Crippen LogP contribution in [0.4, 0.5) is 0 Å². The van der Waals surface area contributed by atoms with Crippen molar-refractivity contribution in [3.63, 3.8) is 0 Å². The molecule has 0 saturated carbocycles. The smallest absolute Gasteiger partial charge is 0.115 e. The van der Waals surface area contributed by atoms with Crippen molar-refractivity contribution in [3.8, 4) is 5.75 Å². The van der Waals surface area contributed by atoms with Crippen LogP contribution in [0.1, 0.15) is 35.6 Å². The summed E-state index contributed by atoms with van der Waals surface area (Å²) in [5.74, 6) is 0.313. The molecule has 3 heteroatoms. The number of nitrogens with zero attached hydrogens (tertiary/aromatic N) is 1. The van der Waals surface area contributed by atoms with Crippen molar-refractivity contribution < 1.29 is 5.11 Å². The van der Waals surface area contributed by atoms with Crippen LogP contribution >= 0.6 is 0 Å². The van der Waals surface area contributed by atoms with E-state index in [0.717, 1.165) is 19.4 Å². The molecule has 1 unspecified atom stereocenters. The lowest BCUT2D eigenvalue weighted by Crippen LogP contribution is -2.15. The third-order valence-corrected chi connectivity index (χ3v) is 3.66. The molecule has 1 aliphatic carbocycles. The maximum absolute atomic E-state index is 9.27. The zero-order chi connectivity index (χ0) is 12.5. The van der Waals surface area contributed by atoms with Gasteiger partial charge in [0.25, 0.3) is 0 Å². The first-order valence-electron chi connectivity index (χ1n) is 6.44. The number of aryl methyl sites for hydroxylation is 1. The molecule has 2 aromatic rings. The predicted octanol–water partition coefficient (Wildman–Crippen LogP) is 2.58. The monoisotopic (exact) mass is 242 g/mol. The van der Waals surface area contributed by atoms with Crippen LogP contribution in [0.2, 0.25) is 0 Å². The van der Waals surface area contributed by atoms with E-state index in [-0.39, 0.29) is 6.04 Å². The van der Waals surface area contributed by atoms with Crippen LogP contribution in [0.25, 0.3) is 0 Å². The fraction of sp³-hybridized carbons (Fsp3) is 0.333. The van der Waals surface area contributed by atoms with Gasteiger partial charge in [0.2, 0.25) is 0 Å². The molecule has 1 aromatic carbocycles. The van der Waals surface area contributed by atoms with Crippen molar-refractivity contribution in [2.24, 2.45) is 5.73 Å². The number of hydrogen-bond donors (Lipinski definition) is 2. The summed E-state index contributed by atoms with van der Waals surface area (Å²) >= 11 is 0. The van der Waals surface area contributed by atoms with Crippen molar-refractivity contribution in [2.45, 2.75) is 31.8 Å². The summed E-state index contributed by atoms with van der Waals surface area (Å²) in [5, 5.41) is 9.27. The SMILES string of the molecule is NC1CCCc2cn(Cc3ccc(O)cc3)cc21. The lowest BCUT2D eigenvalue weighted by molar-refractivity contribution is 0.475. The van der Waals surface area contributed by atoms with Crippen LogP contribution in [0.3, 0.4) is 0 Å². The topological polar surface area (TPSA) is 51.2 Å². The highest BCUT2D eigenvalue weighted by Gasteiger charge is 2.18. The van der Waals surface area contributed by atoms with E-state index in [0.29, 0.717) is 5.75 Å². The summed E-state index contributed by atoms with van der Waals surface area (Å²) in [4.78, 5) is 0. The first kappa shape index (κ1) is 11.4. The first-order valence-corrected chi connectivity index (χ1v) is 6.44. The summed E-state index contributed by atoms with van der Waals surface area (Å²) in [6.45, 7) is 0.833. The average Bonchev–Trinajstić information content (AvgIpc) is 2.76. The zero-order valence-electron chi connectivity index (χ0n) is 10.3. The Bertz CT molecular complexity index is 542. The predicted molar refractivity (Wildman–Crippen MR) is 71.5 cm³/mol. The maximum Gasteiger partial charge on any atom is 0.115 e. The summed E-state index contributed by atoms with van der Waals surface area (Å²) in [6.07, 6.45) is 7.81. The molecular formula is C15H18N2O. The Labute approximate surface area is 107 Å². The van der Waals surface area contributed by atoms with Crippen LogP contribution in [0.5, 0.6) is 5.75 Å². The van der Waals surface area contributed by atoms with Crippen LogP contribution in [0.15, 0.2) is 36.7 Å². The van der Waals surface area contributed by atoms with Crippen LogP contribution in [0, 0.1) is 0 Å². The van der Waals surface area contributed by atoms with Gasteiger partial charge in [-0.3, -0.25) is 0 Å². The number of fused-ring (bicyclic) bond motifs is 1. The molecular weight excluding hydrogens is 224 g/mol. The standard InChI is InChI=1S/C15H18N2O/c16-15-3-1-2-12-9-17(10-14(12)15)8-11-4-6-13(18)7-5-11/h4-7,9-10,15,18H,1-3,8,16H2. The number of hydrogen-bond acceptors (Lipinski definition) is 2. The Morgan fingerprint density at radius 3 is 2.72 bits per heavy atom. The molecule has 3 rings (SSSR count). The molecule has 0 spiro atoms. The quantitative estimate of drug-likeness (QED) is 0.850. The number of benzene rings is 1. The van der Waals surface area contributed by atoms with Gasteiger partial charge in [-0.25, -0.2) is 0 Å². The highest BCUT2D eigenvalue weighted by Crippen LogP contribution is 2.28.